The molecule has 1 aromatic heterocycles. The van der Waals surface area contributed by atoms with Crippen molar-refractivity contribution in [1.29, 1.82) is 5.26 Å². The Morgan fingerprint density at radius 3 is 2.72 bits per heavy atom. The number of ether oxygens (including phenoxy) is 1. The number of methoxy groups -OCH3 is 1. The zero-order chi connectivity index (χ0) is 20.6. The molecule has 1 aromatic carbocycles. The Morgan fingerprint density at radius 1 is 1.34 bits per heavy atom. The molecule has 29 heavy (non-hydrogen) atoms. The number of hydrogen-bond acceptors (Lipinski definition) is 8. The van der Waals surface area contributed by atoms with Crippen LogP contribution >= 0.6 is 0 Å². The maximum Gasteiger partial charge on any atom is 0.157 e. The van der Waals surface area contributed by atoms with Gasteiger partial charge in [-0.05, 0) is 50.2 Å². The van der Waals surface area contributed by atoms with Gasteiger partial charge < -0.3 is 4.74 Å². The molecule has 8 heteroatoms. The van der Waals surface area contributed by atoms with Gasteiger partial charge in [0.2, 0.25) is 0 Å². The summed E-state index contributed by atoms with van der Waals surface area (Å²) in [4.78, 5) is 12.4. The van der Waals surface area contributed by atoms with E-state index in [1.807, 2.05) is 31.2 Å². The van der Waals surface area contributed by atoms with Crippen LogP contribution in [0.25, 0.3) is 0 Å². The number of aromatic nitrogens is 1. The summed E-state index contributed by atoms with van der Waals surface area (Å²) in [5.41, 5.74) is 9.91. The monoisotopic (exact) mass is 389 g/mol. The molecule has 0 unspecified atom stereocenters. The lowest BCUT2D eigenvalue weighted by Crippen LogP contribution is -2.37. The molecule has 2 aliphatic rings. The summed E-state index contributed by atoms with van der Waals surface area (Å²) in [5, 5.41) is 12.4. The molecule has 1 aliphatic heterocycles. The third kappa shape index (κ3) is 4.58. The molecular formula is C21H23N7O. The predicted molar refractivity (Wildman–Crippen MR) is 114 cm³/mol. The Morgan fingerprint density at radius 2 is 2.17 bits per heavy atom. The van der Waals surface area contributed by atoms with E-state index in [1.165, 1.54) is 36.9 Å². The van der Waals surface area contributed by atoms with Gasteiger partial charge in [0.15, 0.2) is 5.84 Å². The number of nitrogens with zero attached hydrogens (tertiary/aromatic N) is 5. The number of aliphatic imine (C=N–C) groups is 2. The Hall–Kier alpha value is -3.73. The van der Waals surface area contributed by atoms with Crippen LogP contribution < -0.4 is 15.7 Å². The quantitative estimate of drug-likeness (QED) is 0.780. The predicted octanol–water partition coefficient (Wildman–Crippen LogP) is 3.35. The number of hydrazone groups is 1. The van der Waals surface area contributed by atoms with Crippen LogP contribution in [-0.2, 0) is 0 Å². The van der Waals surface area contributed by atoms with Gasteiger partial charge in [-0.1, -0.05) is 12.5 Å². The summed E-state index contributed by atoms with van der Waals surface area (Å²) in [5.74, 6) is 1.93. The first-order valence-corrected chi connectivity index (χ1v) is 9.29. The standard InChI is InChI=1S/C11H12N2.C10H11N5O/c1-8-5-9(6-12)7-13-11(8)10-3-2-4-10;1-11-9-7(4-3-5-8(9)16-2)10-12-6-13-15-14-10/h5,7,10H,2-4H2,1H3;3-6,15H,1H2,2H3,(H,12,13,14). The molecule has 0 radical (unpaired) electrons. The largest absolute Gasteiger partial charge is 0.494 e. The van der Waals surface area contributed by atoms with E-state index in [-0.39, 0.29) is 0 Å². The van der Waals surface area contributed by atoms with Gasteiger partial charge >= 0.3 is 0 Å². The third-order valence-electron chi connectivity index (χ3n) is 4.86. The Bertz CT molecular complexity index is 987. The minimum absolute atomic E-state index is 0.622. The second-order valence-corrected chi connectivity index (χ2v) is 6.64. The van der Waals surface area contributed by atoms with Crippen molar-refractivity contribution in [2.75, 3.05) is 7.11 Å². The molecule has 1 fully saturated rings. The van der Waals surface area contributed by atoms with Crippen molar-refractivity contribution < 1.29 is 4.74 Å². The number of aryl methyl sites for hydroxylation is 1. The van der Waals surface area contributed by atoms with Gasteiger partial charge in [0, 0.05) is 23.4 Å². The highest BCUT2D eigenvalue weighted by molar-refractivity contribution is 6.07. The van der Waals surface area contributed by atoms with Gasteiger partial charge in [-0.2, -0.15) is 5.26 Å². The molecule has 1 aliphatic carbocycles. The molecule has 0 amide bonds. The van der Waals surface area contributed by atoms with Gasteiger partial charge in [-0.3, -0.25) is 15.4 Å². The average molecular weight is 389 g/mol. The van der Waals surface area contributed by atoms with Gasteiger partial charge in [0.1, 0.15) is 23.8 Å². The van der Waals surface area contributed by atoms with Crippen LogP contribution in [0, 0.1) is 18.3 Å². The zero-order valence-electron chi connectivity index (χ0n) is 16.5. The van der Waals surface area contributed by atoms with Crippen molar-refractivity contribution in [3.63, 3.8) is 0 Å². The molecule has 0 spiro atoms. The second-order valence-electron chi connectivity index (χ2n) is 6.64. The average Bonchev–Trinajstić information content (AvgIpc) is 2.74. The van der Waals surface area contributed by atoms with Crippen LogP contribution in [0.1, 0.15) is 47.6 Å². The fraction of sp³-hybridized carbons (Fsp3) is 0.286. The molecule has 0 saturated heterocycles. The minimum atomic E-state index is 0.622. The maximum absolute atomic E-state index is 8.67. The second kappa shape index (κ2) is 9.46. The van der Waals surface area contributed by atoms with Crippen LogP contribution in [0.15, 0.2) is 45.5 Å². The molecule has 8 nitrogen and oxygen atoms in total. The summed E-state index contributed by atoms with van der Waals surface area (Å²) < 4.78 is 5.20. The maximum atomic E-state index is 8.67. The van der Waals surface area contributed by atoms with Crippen molar-refractivity contribution >= 4 is 24.6 Å². The third-order valence-corrected chi connectivity index (χ3v) is 4.86. The number of pyridine rings is 1. The van der Waals surface area contributed by atoms with Crippen molar-refractivity contribution in [2.24, 2.45) is 15.1 Å². The lowest BCUT2D eigenvalue weighted by molar-refractivity contribution is 0.409. The van der Waals surface area contributed by atoms with Crippen molar-refractivity contribution in [1.82, 2.24) is 15.9 Å². The first-order chi connectivity index (χ1) is 14.2. The number of para-hydroxylation sites is 1. The highest BCUT2D eigenvalue weighted by atomic mass is 16.5. The Labute approximate surface area is 170 Å². The molecule has 2 N–H and O–H groups in total. The molecule has 2 heterocycles. The SMILES string of the molecule is C=Nc1c(OC)cccc1C1=NC=NNN1.Cc1cc(C#N)cnc1C1CCC1. The molecule has 0 bridgehead atoms. The van der Waals surface area contributed by atoms with Gasteiger partial charge in [0.25, 0.3) is 0 Å². The highest BCUT2D eigenvalue weighted by Crippen LogP contribution is 2.36. The molecule has 148 valence electrons. The topological polar surface area (TPSA) is 107 Å². The first kappa shape index (κ1) is 20.0. The molecule has 4 rings (SSSR count). The van der Waals surface area contributed by atoms with Crippen LogP contribution in [-0.4, -0.2) is 31.0 Å². The van der Waals surface area contributed by atoms with Gasteiger partial charge in [-0.25, -0.2) is 10.5 Å². The first-order valence-electron chi connectivity index (χ1n) is 9.29. The Balaban J connectivity index is 0.000000169. The summed E-state index contributed by atoms with van der Waals surface area (Å²) in [6.07, 6.45) is 6.95. The number of nitriles is 1. The minimum Gasteiger partial charge on any atom is -0.494 e. The van der Waals surface area contributed by atoms with E-state index in [2.05, 4.69) is 43.8 Å². The molecule has 2 aromatic rings. The summed E-state index contributed by atoms with van der Waals surface area (Å²) in [6.45, 7) is 5.57. The van der Waals surface area contributed by atoms with Crippen molar-refractivity contribution in [2.45, 2.75) is 32.1 Å². The summed E-state index contributed by atoms with van der Waals surface area (Å²) in [6, 6.07) is 9.59. The number of hydrogen-bond donors (Lipinski definition) is 2. The normalized spacial score (nSPS) is 14.7. The summed E-state index contributed by atoms with van der Waals surface area (Å²) >= 11 is 0. The molecule has 0 atom stereocenters. The smallest absolute Gasteiger partial charge is 0.157 e. The van der Waals surface area contributed by atoms with E-state index in [9.17, 15) is 0 Å². The van der Waals surface area contributed by atoms with Crippen molar-refractivity contribution in [3.8, 4) is 11.8 Å². The van der Waals surface area contributed by atoms with Gasteiger partial charge in [0.05, 0.1) is 12.7 Å². The fourth-order valence-electron chi connectivity index (χ4n) is 3.17. The lowest BCUT2D eigenvalue weighted by Gasteiger charge is -2.25. The number of benzene rings is 1. The van der Waals surface area contributed by atoms with E-state index >= 15 is 0 Å². The van der Waals surface area contributed by atoms with Crippen LogP contribution in [0.2, 0.25) is 0 Å². The fourth-order valence-corrected chi connectivity index (χ4v) is 3.17. The van der Waals surface area contributed by atoms with E-state index in [0.717, 1.165) is 5.56 Å². The highest BCUT2D eigenvalue weighted by Gasteiger charge is 2.22. The number of hydrazine groups is 1. The summed E-state index contributed by atoms with van der Waals surface area (Å²) in [7, 11) is 1.59. The number of nitrogens with one attached hydrogen (secondary N) is 2. The zero-order valence-corrected chi connectivity index (χ0v) is 16.5. The molecular weight excluding hydrogens is 366 g/mol. The van der Waals surface area contributed by atoms with E-state index in [0.29, 0.717) is 28.8 Å². The number of rotatable bonds is 4. The van der Waals surface area contributed by atoms with Gasteiger partial charge in [-0.15, -0.1) is 5.10 Å². The lowest BCUT2D eigenvalue weighted by atomic mass is 9.81. The van der Waals surface area contributed by atoms with E-state index < -0.39 is 0 Å². The molecule has 1 saturated carbocycles. The van der Waals surface area contributed by atoms with E-state index in [1.54, 1.807) is 13.3 Å². The van der Waals surface area contributed by atoms with Crippen molar-refractivity contribution in [3.05, 3.63) is 52.8 Å². The number of amidine groups is 1. The van der Waals surface area contributed by atoms with Crippen LogP contribution in [0.5, 0.6) is 5.75 Å². The van der Waals surface area contributed by atoms with Crippen LogP contribution in [0.3, 0.4) is 0 Å². The Kier molecular flexibility index (Phi) is 6.53. The van der Waals surface area contributed by atoms with Crippen LogP contribution in [0.4, 0.5) is 5.69 Å². The van der Waals surface area contributed by atoms with E-state index in [4.69, 9.17) is 10.00 Å².